The van der Waals surface area contributed by atoms with E-state index in [9.17, 15) is 8.78 Å². The largest absolute Gasteiger partial charge is 0.271 e. The molecule has 2 aromatic rings. The molecule has 1 heterocycles. The van der Waals surface area contributed by atoms with Gasteiger partial charge in [0.15, 0.2) is 0 Å². The van der Waals surface area contributed by atoms with Crippen LogP contribution in [-0.4, -0.2) is 4.98 Å². The number of hydrazine groups is 1. The van der Waals surface area contributed by atoms with Gasteiger partial charge in [0.05, 0.1) is 6.04 Å². The topological polar surface area (TPSA) is 50.9 Å². The number of hydrogen-bond donors (Lipinski definition) is 2. The predicted octanol–water partition coefficient (Wildman–Crippen LogP) is 2.53. The number of halogens is 2. The number of nitrogens with zero attached hydrogens (tertiary/aromatic N) is 1. The molecule has 1 aromatic carbocycles. The van der Waals surface area contributed by atoms with Crippen molar-refractivity contribution in [2.45, 2.75) is 19.9 Å². The van der Waals surface area contributed by atoms with E-state index in [4.69, 9.17) is 5.84 Å². The summed E-state index contributed by atoms with van der Waals surface area (Å²) in [7, 11) is 0. The second-order valence-corrected chi connectivity index (χ2v) is 4.39. The average molecular weight is 263 g/mol. The number of aryl methyl sites for hydroxylation is 2. The van der Waals surface area contributed by atoms with Crippen molar-refractivity contribution in [3.63, 3.8) is 0 Å². The zero-order chi connectivity index (χ0) is 14.0. The lowest BCUT2D eigenvalue weighted by atomic mass is 9.97. The van der Waals surface area contributed by atoms with Crippen molar-refractivity contribution in [3.05, 3.63) is 64.5 Å². The minimum atomic E-state index is -0.635. The Morgan fingerprint density at radius 2 is 1.84 bits per heavy atom. The van der Waals surface area contributed by atoms with Crippen LogP contribution in [0, 0.1) is 25.5 Å². The molecular formula is C14H15F2N3. The van der Waals surface area contributed by atoms with Gasteiger partial charge in [0.2, 0.25) is 0 Å². The van der Waals surface area contributed by atoms with Crippen molar-refractivity contribution in [3.8, 4) is 0 Å². The minimum absolute atomic E-state index is 0.163. The molecule has 0 aliphatic rings. The first-order valence-electron chi connectivity index (χ1n) is 5.88. The molecule has 19 heavy (non-hydrogen) atoms. The molecule has 2 rings (SSSR count). The van der Waals surface area contributed by atoms with Crippen molar-refractivity contribution in [2.75, 3.05) is 0 Å². The Bertz CT molecular complexity index is 599. The molecule has 1 aromatic heterocycles. The van der Waals surface area contributed by atoms with Crippen molar-refractivity contribution >= 4 is 0 Å². The third-order valence-corrected chi connectivity index (χ3v) is 3.01. The molecule has 0 saturated carbocycles. The molecule has 0 radical (unpaired) electrons. The fourth-order valence-electron chi connectivity index (χ4n) is 2.09. The van der Waals surface area contributed by atoms with Crippen LogP contribution in [0.2, 0.25) is 0 Å². The summed E-state index contributed by atoms with van der Waals surface area (Å²) in [5, 5.41) is 0. The summed E-state index contributed by atoms with van der Waals surface area (Å²) >= 11 is 0. The van der Waals surface area contributed by atoms with E-state index in [-0.39, 0.29) is 5.56 Å². The summed E-state index contributed by atoms with van der Waals surface area (Å²) in [6.07, 6.45) is 0. The molecule has 1 unspecified atom stereocenters. The SMILES string of the molecule is Cc1ccc(C(NN)c2cc(F)ccc2F)c(C)n1. The van der Waals surface area contributed by atoms with Gasteiger partial charge in [0.1, 0.15) is 11.6 Å². The molecule has 5 heteroatoms. The lowest BCUT2D eigenvalue weighted by Crippen LogP contribution is -2.30. The summed E-state index contributed by atoms with van der Waals surface area (Å²) < 4.78 is 27.1. The van der Waals surface area contributed by atoms with Gasteiger partial charge in [-0.25, -0.2) is 14.2 Å². The Morgan fingerprint density at radius 1 is 1.11 bits per heavy atom. The third-order valence-electron chi connectivity index (χ3n) is 3.01. The van der Waals surface area contributed by atoms with E-state index >= 15 is 0 Å². The van der Waals surface area contributed by atoms with Crippen molar-refractivity contribution in [2.24, 2.45) is 5.84 Å². The van der Waals surface area contributed by atoms with E-state index in [2.05, 4.69) is 10.4 Å². The number of nitrogens with one attached hydrogen (secondary N) is 1. The van der Waals surface area contributed by atoms with Crippen LogP contribution in [-0.2, 0) is 0 Å². The Morgan fingerprint density at radius 3 is 2.47 bits per heavy atom. The van der Waals surface area contributed by atoms with Crippen molar-refractivity contribution < 1.29 is 8.78 Å². The summed E-state index contributed by atoms with van der Waals surface area (Å²) in [6, 6.07) is 6.29. The van der Waals surface area contributed by atoms with Gasteiger partial charge < -0.3 is 0 Å². The van der Waals surface area contributed by atoms with E-state index in [1.807, 2.05) is 26.0 Å². The van der Waals surface area contributed by atoms with Crippen LogP contribution in [0.15, 0.2) is 30.3 Å². The monoisotopic (exact) mass is 263 g/mol. The highest BCUT2D eigenvalue weighted by Gasteiger charge is 2.19. The zero-order valence-corrected chi connectivity index (χ0v) is 10.7. The standard InChI is InChI=1S/C14H15F2N3/c1-8-3-5-11(9(2)18-8)14(19-17)12-7-10(15)4-6-13(12)16/h3-7,14,19H,17H2,1-2H3. The van der Waals surface area contributed by atoms with Crippen LogP contribution >= 0.6 is 0 Å². The van der Waals surface area contributed by atoms with Gasteiger partial charge in [0.25, 0.3) is 0 Å². The van der Waals surface area contributed by atoms with Crippen molar-refractivity contribution in [1.29, 1.82) is 0 Å². The number of aromatic nitrogens is 1. The molecule has 0 spiro atoms. The van der Waals surface area contributed by atoms with Crippen LogP contribution in [0.1, 0.15) is 28.6 Å². The second-order valence-electron chi connectivity index (χ2n) is 4.39. The number of rotatable bonds is 3. The van der Waals surface area contributed by atoms with Gasteiger partial charge in [-0.15, -0.1) is 0 Å². The number of hydrogen-bond acceptors (Lipinski definition) is 3. The van der Waals surface area contributed by atoms with E-state index in [1.165, 1.54) is 0 Å². The maximum Gasteiger partial charge on any atom is 0.128 e. The Balaban J connectivity index is 2.52. The Labute approximate surface area is 110 Å². The lowest BCUT2D eigenvalue weighted by molar-refractivity contribution is 0.543. The maximum absolute atomic E-state index is 13.8. The molecule has 0 amide bonds. The molecule has 3 nitrogen and oxygen atoms in total. The molecule has 0 saturated heterocycles. The maximum atomic E-state index is 13.8. The van der Waals surface area contributed by atoms with Gasteiger partial charge in [-0.05, 0) is 43.7 Å². The minimum Gasteiger partial charge on any atom is -0.271 e. The summed E-state index contributed by atoms with van der Waals surface area (Å²) in [4.78, 5) is 4.31. The number of pyridine rings is 1. The van der Waals surface area contributed by atoms with Crippen LogP contribution < -0.4 is 11.3 Å². The smallest absolute Gasteiger partial charge is 0.128 e. The average Bonchev–Trinajstić information content (AvgIpc) is 2.36. The fraction of sp³-hybridized carbons (Fsp3) is 0.214. The molecule has 0 fully saturated rings. The molecule has 0 bridgehead atoms. The van der Waals surface area contributed by atoms with E-state index < -0.39 is 17.7 Å². The summed E-state index contributed by atoms with van der Waals surface area (Å²) in [6.45, 7) is 3.67. The van der Waals surface area contributed by atoms with Crippen LogP contribution in [0.3, 0.4) is 0 Å². The fourth-order valence-corrected chi connectivity index (χ4v) is 2.09. The first-order chi connectivity index (χ1) is 9.02. The number of benzene rings is 1. The first kappa shape index (κ1) is 13.6. The van der Waals surface area contributed by atoms with Gasteiger partial charge >= 0.3 is 0 Å². The Hall–Kier alpha value is -1.85. The van der Waals surface area contributed by atoms with Crippen LogP contribution in [0.4, 0.5) is 8.78 Å². The molecule has 1 atom stereocenters. The molecule has 0 aliphatic heterocycles. The van der Waals surface area contributed by atoms with Gasteiger partial charge in [-0.3, -0.25) is 10.8 Å². The van der Waals surface area contributed by atoms with E-state index in [0.717, 1.165) is 35.2 Å². The molecule has 3 N–H and O–H groups in total. The predicted molar refractivity (Wildman–Crippen MR) is 69.2 cm³/mol. The highest BCUT2D eigenvalue weighted by molar-refractivity contribution is 5.35. The van der Waals surface area contributed by atoms with Gasteiger partial charge in [0, 0.05) is 17.0 Å². The lowest BCUT2D eigenvalue weighted by Gasteiger charge is -2.19. The molecule has 0 aliphatic carbocycles. The molecular weight excluding hydrogens is 248 g/mol. The van der Waals surface area contributed by atoms with E-state index in [0.29, 0.717) is 0 Å². The highest BCUT2D eigenvalue weighted by Crippen LogP contribution is 2.26. The van der Waals surface area contributed by atoms with Crippen molar-refractivity contribution in [1.82, 2.24) is 10.4 Å². The Kier molecular flexibility index (Phi) is 3.87. The van der Waals surface area contributed by atoms with Crippen LogP contribution in [0.25, 0.3) is 0 Å². The third kappa shape index (κ3) is 2.77. The van der Waals surface area contributed by atoms with E-state index in [1.54, 1.807) is 0 Å². The number of nitrogens with two attached hydrogens (primary N) is 1. The van der Waals surface area contributed by atoms with Gasteiger partial charge in [-0.1, -0.05) is 6.07 Å². The zero-order valence-electron chi connectivity index (χ0n) is 10.7. The summed E-state index contributed by atoms with van der Waals surface area (Å²) in [5.74, 6) is 4.48. The second kappa shape index (κ2) is 5.42. The summed E-state index contributed by atoms with van der Waals surface area (Å²) in [5.41, 5.74) is 4.99. The molecule has 100 valence electrons. The quantitative estimate of drug-likeness (QED) is 0.661. The van der Waals surface area contributed by atoms with Crippen LogP contribution in [0.5, 0.6) is 0 Å². The highest BCUT2D eigenvalue weighted by atomic mass is 19.1. The normalized spacial score (nSPS) is 12.5. The van der Waals surface area contributed by atoms with Gasteiger partial charge in [-0.2, -0.15) is 0 Å². The first-order valence-corrected chi connectivity index (χ1v) is 5.88.